The van der Waals surface area contributed by atoms with Crippen molar-refractivity contribution in [3.8, 4) is 0 Å². The number of fused-ring (bicyclic) bond motifs is 1. The zero-order chi connectivity index (χ0) is 17.4. The van der Waals surface area contributed by atoms with Crippen molar-refractivity contribution < 1.29 is 4.79 Å². The summed E-state index contributed by atoms with van der Waals surface area (Å²) < 4.78 is 0. The zero-order valence-corrected chi connectivity index (χ0v) is 14.5. The number of aromatic nitrogens is 1. The topological polar surface area (TPSA) is 48.5 Å². The van der Waals surface area contributed by atoms with Gasteiger partial charge in [-0.1, -0.05) is 17.7 Å². The van der Waals surface area contributed by atoms with E-state index in [9.17, 15) is 4.79 Å². The zero-order valence-electron chi connectivity index (χ0n) is 13.7. The quantitative estimate of drug-likeness (QED) is 0.754. The third kappa shape index (κ3) is 2.98. The van der Waals surface area contributed by atoms with Crippen LogP contribution in [0.5, 0.6) is 0 Å². The summed E-state index contributed by atoms with van der Waals surface area (Å²) in [5.41, 5.74) is 3.59. The average molecular weight is 353 g/mol. The van der Waals surface area contributed by atoms with Gasteiger partial charge in [-0.05, 0) is 42.5 Å². The van der Waals surface area contributed by atoms with Crippen LogP contribution in [0.3, 0.4) is 0 Å². The van der Waals surface area contributed by atoms with Crippen molar-refractivity contribution in [2.75, 3.05) is 30.4 Å². The summed E-state index contributed by atoms with van der Waals surface area (Å²) in [6.07, 6.45) is 1.75. The molecule has 1 saturated heterocycles. The van der Waals surface area contributed by atoms with Crippen LogP contribution in [0.2, 0.25) is 5.02 Å². The first kappa shape index (κ1) is 15.7. The lowest BCUT2D eigenvalue weighted by atomic mass is 10.1. The number of carbonyl (C=O) groups excluding carboxylic acids is 1. The van der Waals surface area contributed by atoms with Crippen LogP contribution >= 0.6 is 11.6 Å². The fraction of sp³-hybridized carbons (Fsp3) is 0.158. The van der Waals surface area contributed by atoms with E-state index in [1.54, 1.807) is 16.0 Å². The van der Waals surface area contributed by atoms with E-state index in [-0.39, 0.29) is 6.03 Å². The molecule has 3 aromatic rings. The number of hydrogen-bond donors (Lipinski definition) is 1. The van der Waals surface area contributed by atoms with Crippen molar-refractivity contribution >= 4 is 45.6 Å². The molecule has 1 fully saturated rings. The fourth-order valence-corrected chi connectivity index (χ4v) is 3.19. The third-order valence-corrected chi connectivity index (χ3v) is 4.59. The highest BCUT2D eigenvalue weighted by Crippen LogP contribution is 2.29. The maximum absolute atomic E-state index is 12.2. The summed E-state index contributed by atoms with van der Waals surface area (Å²) in [6, 6.07) is 15.5. The molecule has 1 aromatic heterocycles. The number of urea groups is 1. The fourth-order valence-electron chi connectivity index (χ4n) is 3.02. The molecule has 1 N–H and O–H groups in total. The van der Waals surface area contributed by atoms with Gasteiger partial charge in [-0.3, -0.25) is 9.88 Å². The van der Waals surface area contributed by atoms with Crippen molar-refractivity contribution in [3.63, 3.8) is 0 Å². The van der Waals surface area contributed by atoms with Crippen LogP contribution in [0.25, 0.3) is 10.9 Å². The highest BCUT2D eigenvalue weighted by atomic mass is 35.5. The van der Waals surface area contributed by atoms with Crippen LogP contribution in [0.4, 0.5) is 21.9 Å². The number of hydrogen-bond acceptors (Lipinski definition) is 3. The standard InChI is InChI=1S/C19H17ClN4O/c1-23-9-10-24(19(23)25)15-4-2-3-14(12-15)22-17-7-8-21-18-11-13(20)5-6-16(17)18/h2-8,11-12H,9-10H2,1H3,(H,21,22). The number of likely N-dealkylation sites (N-methyl/N-ethyl adjacent to an activating group) is 1. The Labute approximate surface area is 150 Å². The summed E-state index contributed by atoms with van der Waals surface area (Å²) in [7, 11) is 1.82. The molecule has 0 aliphatic carbocycles. The van der Waals surface area contributed by atoms with Gasteiger partial charge in [0.05, 0.1) is 5.52 Å². The normalized spacial score (nSPS) is 14.4. The van der Waals surface area contributed by atoms with Gasteiger partial charge in [-0.25, -0.2) is 4.79 Å². The van der Waals surface area contributed by atoms with Crippen molar-refractivity contribution in [3.05, 3.63) is 59.8 Å². The lowest BCUT2D eigenvalue weighted by molar-refractivity contribution is 0.229. The van der Waals surface area contributed by atoms with Crippen LogP contribution in [0.1, 0.15) is 0 Å². The van der Waals surface area contributed by atoms with Gasteiger partial charge < -0.3 is 10.2 Å². The van der Waals surface area contributed by atoms with Crippen LogP contribution < -0.4 is 10.2 Å². The molecule has 4 rings (SSSR count). The molecule has 5 nitrogen and oxygen atoms in total. The summed E-state index contributed by atoms with van der Waals surface area (Å²) in [5, 5.41) is 5.08. The predicted molar refractivity (Wildman–Crippen MR) is 102 cm³/mol. The van der Waals surface area contributed by atoms with Crippen molar-refractivity contribution in [1.29, 1.82) is 0 Å². The Bertz CT molecular complexity index is 959. The minimum atomic E-state index is 0.0288. The minimum absolute atomic E-state index is 0.0288. The number of carbonyl (C=O) groups is 1. The van der Waals surface area contributed by atoms with Gasteiger partial charge in [0.15, 0.2) is 0 Å². The SMILES string of the molecule is CN1CCN(c2cccc(Nc3ccnc4cc(Cl)ccc34)c2)C1=O. The van der Waals surface area contributed by atoms with Gasteiger partial charge in [0, 0.05) is 53.8 Å². The van der Waals surface area contributed by atoms with Crippen LogP contribution in [0, 0.1) is 0 Å². The number of nitrogens with zero attached hydrogens (tertiary/aromatic N) is 3. The molecule has 25 heavy (non-hydrogen) atoms. The summed E-state index contributed by atoms with van der Waals surface area (Å²) >= 11 is 6.05. The average Bonchev–Trinajstić information content (AvgIpc) is 2.94. The second-order valence-electron chi connectivity index (χ2n) is 6.05. The van der Waals surface area contributed by atoms with E-state index in [1.807, 2.05) is 55.6 Å². The molecular formula is C19H17ClN4O. The molecule has 2 heterocycles. The van der Waals surface area contributed by atoms with E-state index in [2.05, 4.69) is 10.3 Å². The minimum Gasteiger partial charge on any atom is -0.355 e. The molecule has 0 spiro atoms. The lowest BCUT2D eigenvalue weighted by Gasteiger charge is -2.17. The molecule has 0 radical (unpaired) electrons. The van der Waals surface area contributed by atoms with Gasteiger partial charge in [0.25, 0.3) is 0 Å². The number of anilines is 3. The van der Waals surface area contributed by atoms with E-state index in [1.165, 1.54) is 0 Å². The first-order valence-corrected chi connectivity index (χ1v) is 8.43. The highest BCUT2D eigenvalue weighted by Gasteiger charge is 2.26. The number of pyridine rings is 1. The van der Waals surface area contributed by atoms with Crippen molar-refractivity contribution in [2.24, 2.45) is 0 Å². The summed E-state index contributed by atoms with van der Waals surface area (Å²) in [4.78, 5) is 20.1. The molecule has 0 saturated carbocycles. The van der Waals surface area contributed by atoms with Gasteiger partial charge in [0.2, 0.25) is 0 Å². The van der Waals surface area contributed by atoms with Crippen LogP contribution in [-0.2, 0) is 0 Å². The van der Waals surface area contributed by atoms with E-state index in [0.717, 1.165) is 34.5 Å². The van der Waals surface area contributed by atoms with E-state index in [0.29, 0.717) is 11.6 Å². The molecule has 126 valence electrons. The molecule has 2 amide bonds. The smallest absolute Gasteiger partial charge is 0.324 e. The molecule has 6 heteroatoms. The monoisotopic (exact) mass is 352 g/mol. The second-order valence-corrected chi connectivity index (χ2v) is 6.49. The number of rotatable bonds is 3. The van der Waals surface area contributed by atoms with E-state index < -0.39 is 0 Å². The van der Waals surface area contributed by atoms with Crippen molar-refractivity contribution in [1.82, 2.24) is 9.88 Å². The Kier molecular flexibility index (Phi) is 3.93. The Morgan fingerprint density at radius 2 is 2.00 bits per heavy atom. The third-order valence-electron chi connectivity index (χ3n) is 4.36. The summed E-state index contributed by atoms with van der Waals surface area (Å²) in [6.45, 7) is 1.45. The maximum atomic E-state index is 12.2. The molecule has 0 bridgehead atoms. The molecule has 0 atom stereocenters. The molecule has 0 unspecified atom stereocenters. The van der Waals surface area contributed by atoms with Gasteiger partial charge >= 0.3 is 6.03 Å². The Hall–Kier alpha value is -2.79. The first-order chi connectivity index (χ1) is 12.1. The molecule has 1 aliphatic heterocycles. The van der Waals surface area contributed by atoms with Crippen LogP contribution in [-0.4, -0.2) is 36.1 Å². The lowest BCUT2D eigenvalue weighted by Crippen LogP contribution is -2.29. The van der Waals surface area contributed by atoms with Gasteiger partial charge in [-0.2, -0.15) is 0 Å². The highest BCUT2D eigenvalue weighted by molar-refractivity contribution is 6.31. The van der Waals surface area contributed by atoms with E-state index >= 15 is 0 Å². The predicted octanol–water partition coefficient (Wildman–Crippen LogP) is 4.50. The number of nitrogens with one attached hydrogen (secondary N) is 1. The Morgan fingerprint density at radius 1 is 1.12 bits per heavy atom. The summed E-state index contributed by atoms with van der Waals surface area (Å²) in [5.74, 6) is 0. The Balaban J connectivity index is 1.66. The largest absolute Gasteiger partial charge is 0.355 e. The number of halogens is 1. The first-order valence-electron chi connectivity index (χ1n) is 8.06. The van der Waals surface area contributed by atoms with Crippen molar-refractivity contribution in [2.45, 2.75) is 0 Å². The van der Waals surface area contributed by atoms with Crippen LogP contribution in [0.15, 0.2) is 54.7 Å². The van der Waals surface area contributed by atoms with Gasteiger partial charge in [0.1, 0.15) is 0 Å². The molecule has 1 aliphatic rings. The van der Waals surface area contributed by atoms with E-state index in [4.69, 9.17) is 11.6 Å². The molecule has 2 aromatic carbocycles. The van der Waals surface area contributed by atoms with Gasteiger partial charge in [-0.15, -0.1) is 0 Å². The molecular weight excluding hydrogens is 336 g/mol. The number of benzene rings is 2. The second kappa shape index (κ2) is 6.26. The number of amides is 2. The maximum Gasteiger partial charge on any atom is 0.324 e. The Morgan fingerprint density at radius 3 is 2.80 bits per heavy atom.